The molecule has 0 aliphatic heterocycles. The van der Waals surface area contributed by atoms with Crippen LogP contribution in [0.5, 0.6) is 0 Å². The summed E-state index contributed by atoms with van der Waals surface area (Å²) in [6.45, 7) is 0. The largest absolute Gasteiger partial charge is 0.340 e. The van der Waals surface area contributed by atoms with Crippen molar-refractivity contribution in [1.29, 1.82) is 0 Å². The van der Waals surface area contributed by atoms with Gasteiger partial charge in [0.15, 0.2) is 0 Å². The molecule has 0 atom stereocenters. The number of nitrogens with one attached hydrogen (secondary N) is 1. The molecular formula is C22H15F2N3O. The van der Waals surface area contributed by atoms with Crippen LogP contribution in [0.15, 0.2) is 79.0 Å². The van der Waals surface area contributed by atoms with Gasteiger partial charge in [-0.15, -0.1) is 0 Å². The van der Waals surface area contributed by atoms with Crippen LogP contribution in [0.3, 0.4) is 0 Å². The number of halogens is 2. The number of carbonyl (C=O) groups is 1. The second-order valence-electron chi connectivity index (χ2n) is 6.25. The summed E-state index contributed by atoms with van der Waals surface area (Å²) in [4.78, 5) is 21.4. The van der Waals surface area contributed by atoms with Gasteiger partial charge >= 0.3 is 0 Å². The molecule has 1 aromatic heterocycles. The summed E-state index contributed by atoms with van der Waals surface area (Å²) in [5, 5.41) is 2.88. The van der Waals surface area contributed by atoms with Crippen LogP contribution in [0.4, 0.5) is 8.78 Å². The number of benzene rings is 3. The number of aromatic nitrogens is 2. The third-order valence-corrected chi connectivity index (χ3v) is 4.36. The average Bonchev–Trinajstić information content (AvgIpc) is 2.73. The lowest BCUT2D eigenvalue weighted by Crippen LogP contribution is -2.30. The van der Waals surface area contributed by atoms with Crippen LogP contribution >= 0.6 is 0 Å². The molecule has 1 heterocycles. The first-order chi connectivity index (χ1) is 13.6. The molecular weight excluding hydrogens is 360 g/mol. The highest BCUT2D eigenvalue weighted by Crippen LogP contribution is 2.23. The Morgan fingerprint density at radius 1 is 0.786 bits per heavy atom. The summed E-state index contributed by atoms with van der Waals surface area (Å²) < 4.78 is 26.7. The first-order valence-electron chi connectivity index (χ1n) is 8.64. The molecule has 0 spiro atoms. The number of rotatable bonds is 4. The molecule has 28 heavy (non-hydrogen) atoms. The lowest BCUT2D eigenvalue weighted by Gasteiger charge is -2.20. The monoisotopic (exact) mass is 375 g/mol. The third kappa shape index (κ3) is 3.71. The SMILES string of the molecule is O=C(NC(c1ccc(F)cc1)c1ccc(F)cc1)c1cnc2ccccc2n1. The van der Waals surface area contributed by atoms with Crippen molar-refractivity contribution in [2.24, 2.45) is 0 Å². The van der Waals surface area contributed by atoms with Gasteiger partial charge in [-0.3, -0.25) is 9.78 Å². The number of carbonyl (C=O) groups excluding carboxylic acids is 1. The van der Waals surface area contributed by atoms with Crippen LogP contribution in [0.1, 0.15) is 27.7 Å². The number of hydrogen-bond donors (Lipinski definition) is 1. The minimum absolute atomic E-state index is 0.160. The Morgan fingerprint density at radius 3 is 1.89 bits per heavy atom. The lowest BCUT2D eigenvalue weighted by molar-refractivity contribution is 0.0938. The highest BCUT2D eigenvalue weighted by atomic mass is 19.1. The van der Waals surface area contributed by atoms with E-state index in [4.69, 9.17) is 0 Å². The summed E-state index contributed by atoms with van der Waals surface area (Å²) in [6.07, 6.45) is 1.41. The van der Waals surface area contributed by atoms with Crippen molar-refractivity contribution in [2.45, 2.75) is 6.04 Å². The molecule has 0 unspecified atom stereocenters. The molecule has 4 aromatic rings. The maximum Gasteiger partial charge on any atom is 0.272 e. The Bertz CT molecular complexity index is 1080. The van der Waals surface area contributed by atoms with Crippen LogP contribution in [0.25, 0.3) is 11.0 Å². The summed E-state index contributed by atoms with van der Waals surface area (Å²) in [5.41, 5.74) is 2.78. The molecule has 0 saturated heterocycles. The predicted octanol–water partition coefficient (Wildman–Crippen LogP) is 4.43. The van der Waals surface area contributed by atoms with Gasteiger partial charge in [-0.2, -0.15) is 0 Å². The quantitative estimate of drug-likeness (QED) is 0.574. The number of nitrogens with zero attached hydrogens (tertiary/aromatic N) is 2. The Balaban J connectivity index is 1.68. The maximum absolute atomic E-state index is 13.3. The Hall–Kier alpha value is -3.67. The fraction of sp³-hybridized carbons (Fsp3) is 0.0455. The summed E-state index contributed by atoms with van der Waals surface area (Å²) in [6, 6.07) is 18.2. The maximum atomic E-state index is 13.3. The van der Waals surface area contributed by atoms with Crippen molar-refractivity contribution in [1.82, 2.24) is 15.3 Å². The van der Waals surface area contributed by atoms with Crippen molar-refractivity contribution in [3.05, 3.63) is 107 Å². The number of hydrogen-bond acceptors (Lipinski definition) is 3. The summed E-state index contributed by atoms with van der Waals surface area (Å²) in [5.74, 6) is -1.20. The minimum Gasteiger partial charge on any atom is -0.340 e. The van der Waals surface area contributed by atoms with Crippen LogP contribution < -0.4 is 5.32 Å². The molecule has 0 fully saturated rings. The van der Waals surface area contributed by atoms with Crippen molar-refractivity contribution >= 4 is 16.9 Å². The second kappa shape index (κ2) is 7.52. The smallest absolute Gasteiger partial charge is 0.272 e. The molecule has 1 amide bonds. The van der Waals surface area contributed by atoms with Gasteiger partial charge in [0.05, 0.1) is 23.3 Å². The summed E-state index contributed by atoms with van der Waals surface area (Å²) in [7, 11) is 0. The fourth-order valence-electron chi connectivity index (χ4n) is 2.94. The van der Waals surface area contributed by atoms with E-state index in [1.165, 1.54) is 30.5 Å². The van der Waals surface area contributed by atoms with Gasteiger partial charge in [0.25, 0.3) is 5.91 Å². The van der Waals surface area contributed by atoms with E-state index in [2.05, 4.69) is 15.3 Å². The highest BCUT2D eigenvalue weighted by molar-refractivity contribution is 5.94. The minimum atomic E-state index is -0.595. The van der Waals surface area contributed by atoms with E-state index in [1.54, 1.807) is 30.3 Å². The van der Waals surface area contributed by atoms with Crippen molar-refractivity contribution in [3.8, 4) is 0 Å². The van der Waals surface area contributed by atoms with E-state index in [9.17, 15) is 13.6 Å². The predicted molar refractivity (Wildman–Crippen MR) is 102 cm³/mol. The van der Waals surface area contributed by atoms with Gasteiger partial charge in [0, 0.05) is 0 Å². The summed E-state index contributed by atoms with van der Waals surface area (Å²) >= 11 is 0. The zero-order chi connectivity index (χ0) is 19.5. The molecule has 3 aromatic carbocycles. The van der Waals surface area contributed by atoms with E-state index in [1.807, 2.05) is 18.2 Å². The molecule has 0 aliphatic carbocycles. The standard InChI is InChI=1S/C22H15F2N3O/c23-16-9-5-14(6-10-16)21(15-7-11-17(24)12-8-15)27-22(28)20-13-25-18-3-1-2-4-19(18)26-20/h1-13,21H,(H,27,28). The number of para-hydroxylation sites is 2. The second-order valence-corrected chi connectivity index (χ2v) is 6.25. The van der Waals surface area contributed by atoms with Crippen molar-refractivity contribution in [3.63, 3.8) is 0 Å². The van der Waals surface area contributed by atoms with Gasteiger partial charge in [0.1, 0.15) is 17.3 Å². The molecule has 0 saturated carbocycles. The van der Waals surface area contributed by atoms with E-state index in [-0.39, 0.29) is 17.3 Å². The lowest BCUT2D eigenvalue weighted by atomic mass is 9.98. The van der Waals surface area contributed by atoms with Gasteiger partial charge in [-0.25, -0.2) is 13.8 Å². The molecule has 138 valence electrons. The van der Waals surface area contributed by atoms with E-state index < -0.39 is 11.9 Å². The Morgan fingerprint density at radius 2 is 1.32 bits per heavy atom. The zero-order valence-electron chi connectivity index (χ0n) is 14.6. The van der Waals surface area contributed by atoms with Crippen molar-refractivity contribution < 1.29 is 13.6 Å². The zero-order valence-corrected chi connectivity index (χ0v) is 14.6. The Kier molecular flexibility index (Phi) is 4.76. The van der Waals surface area contributed by atoms with Crippen LogP contribution in [0, 0.1) is 11.6 Å². The molecule has 0 bridgehead atoms. The highest BCUT2D eigenvalue weighted by Gasteiger charge is 2.19. The fourth-order valence-corrected chi connectivity index (χ4v) is 2.94. The van der Waals surface area contributed by atoms with Crippen LogP contribution in [-0.4, -0.2) is 15.9 Å². The van der Waals surface area contributed by atoms with E-state index in [0.717, 1.165) is 0 Å². The van der Waals surface area contributed by atoms with Gasteiger partial charge in [-0.1, -0.05) is 36.4 Å². The third-order valence-electron chi connectivity index (χ3n) is 4.36. The van der Waals surface area contributed by atoms with E-state index >= 15 is 0 Å². The van der Waals surface area contributed by atoms with Gasteiger partial charge in [0.2, 0.25) is 0 Å². The molecule has 0 radical (unpaired) electrons. The Labute approximate surface area is 159 Å². The molecule has 6 heteroatoms. The van der Waals surface area contributed by atoms with E-state index in [0.29, 0.717) is 22.2 Å². The van der Waals surface area contributed by atoms with Gasteiger partial charge in [-0.05, 0) is 47.5 Å². The molecule has 1 N–H and O–H groups in total. The number of amides is 1. The van der Waals surface area contributed by atoms with Gasteiger partial charge < -0.3 is 5.32 Å². The molecule has 0 aliphatic rings. The number of fused-ring (bicyclic) bond motifs is 1. The van der Waals surface area contributed by atoms with Crippen molar-refractivity contribution in [2.75, 3.05) is 0 Å². The molecule has 4 nitrogen and oxygen atoms in total. The topological polar surface area (TPSA) is 54.9 Å². The first kappa shape index (κ1) is 17.7. The van der Waals surface area contributed by atoms with Crippen LogP contribution in [0.2, 0.25) is 0 Å². The average molecular weight is 375 g/mol. The van der Waals surface area contributed by atoms with Crippen LogP contribution in [-0.2, 0) is 0 Å². The normalized spacial score (nSPS) is 11.0. The first-order valence-corrected chi connectivity index (χ1v) is 8.64. The molecule has 4 rings (SSSR count).